The van der Waals surface area contributed by atoms with Crippen LogP contribution in [0.2, 0.25) is 0 Å². The van der Waals surface area contributed by atoms with Gasteiger partial charge in [0.25, 0.3) is 0 Å². The predicted octanol–water partition coefficient (Wildman–Crippen LogP) is 6.39. The van der Waals surface area contributed by atoms with Gasteiger partial charge in [-0.3, -0.25) is 0 Å². The maximum atomic E-state index is 11.6. The summed E-state index contributed by atoms with van der Waals surface area (Å²) in [6, 6.07) is 9.07. The molecule has 1 aromatic rings. The number of hydrogen-bond acceptors (Lipinski definition) is 4. The fraction of sp³-hybridized carbons (Fsp3) is 0.667. The average molecular weight is 427 g/mol. The second kappa shape index (κ2) is 9.87. The molecule has 1 saturated heterocycles. The van der Waals surface area contributed by atoms with Crippen LogP contribution in [0.3, 0.4) is 0 Å². The first-order chi connectivity index (χ1) is 15.1. The summed E-state index contributed by atoms with van der Waals surface area (Å²) in [4.78, 5) is 11.6. The molecule has 4 heteroatoms. The molecule has 3 saturated carbocycles. The SMILES string of the molecule is CC=CC(=O)O[C@@H]1CO[C@@H](c2ccc(C34CCC(CCCCC)(CC3)CC4)cc2)CO1. The first-order valence-electron chi connectivity index (χ1n) is 12.3. The van der Waals surface area contributed by atoms with Crippen molar-refractivity contribution in [3.05, 3.63) is 47.5 Å². The quantitative estimate of drug-likeness (QED) is 0.274. The number of rotatable bonds is 8. The van der Waals surface area contributed by atoms with Gasteiger partial charge in [-0.15, -0.1) is 0 Å². The second-order valence-electron chi connectivity index (χ2n) is 9.88. The number of carbonyl (C=O) groups is 1. The summed E-state index contributed by atoms with van der Waals surface area (Å²) in [5.41, 5.74) is 3.69. The highest BCUT2D eigenvalue weighted by Crippen LogP contribution is 2.59. The molecule has 5 rings (SSSR count). The van der Waals surface area contributed by atoms with Gasteiger partial charge in [0.05, 0.1) is 6.61 Å². The van der Waals surface area contributed by atoms with Gasteiger partial charge >= 0.3 is 5.97 Å². The average Bonchev–Trinajstić information content (AvgIpc) is 2.81. The van der Waals surface area contributed by atoms with Crippen LogP contribution in [0, 0.1) is 5.41 Å². The zero-order valence-corrected chi connectivity index (χ0v) is 19.2. The minimum Gasteiger partial charge on any atom is -0.430 e. The van der Waals surface area contributed by atoms with Crippen molar-refractivity contribution >= 4 is 5.97 Å². The summed E-state index contributed by atoms with van der Waals surface area (Å²) < 4.78 is 16.9. The Kier molecular flexibility index (Phi) is 7.18. The molecule has 31 heavy (non-hydrogen) atoms. The lowest BCUT2D eigenvalue weighted by Gasteiger charge is -2.54. The molecule has 0 aromatic heterocycles. The van der Waals surface area contributed by atoms with E-state index in [1.807, 2.05) is 0 Å². The van der Waals surface area contributed by atoms with Crippen LogP contribution in [0.25, 0.3) is 0 Å². The minimum absolute atomic E-state index is 0.104. The van der Waals surface area contributed by atoms with E-state index in [1.54, 1.807) is 13.0 Å². The number of carbonyl (C=O) groups excluding carboxylic acids is 1. The van der Waals surface area contributed by atoms with Gasteiger partial charge in [-0.05, 0) is 73.8 Å². The zero-order chi connectivity index (χ0) is 21.7. The van der Waals surface area contributed by atoms with Crippen LogP contribution in [0.4, 0.5) is 0 Å². The third-order valence-electron chi connectivity index (χ3n) is 8.02. The molecule has 4 nitrogen and oxygen atoms in total. The number of allylic oxidation sites excluding steroid dienone is 1. The molecular formula is C27H38O4. The molecule has 170 valence electrons. The van der Waals surface area contributed by atoms with Crippen molar-refractivity contribution in [3.63, 3.8) is 0 Å². The highest BCUT2D eigenvalue weighted by Gasteiger charge is 2.48. The van der Waals surface area contributed by atoms with Gasteiger partial charge in [-0.25, -0.2) is 4.79 Å². The fourth-order valence-electron chi connectivity index (χ4n) is 5.92. The maximum Gasteiger partial charge on any atom is 0.332 e. The maximum absolute atomic E-state index is 11.6. The van der Waals surface area contributed by atoms with E-state index in [4.69, 9.17) is 14.2 Å². The molecule has 4 fully saturated rings. The zero-order valence-electron chi connectivity index (χ0n) is 19.2. The molecular weight excluding hydrogens is 388 g/mol. The van der Waals surface area contributed by atoms with E-state index >= 15 is 0 Å². The molecule has 1 heterocycles. The van der Waals surface area contributed by atoms with E-state index < -0.39 is 12.3 Å². The topological polar surface area (TPSA) is 44.8 Å². The number of fused-ring (bicyclic) bond motifs is 3. The fourth-order valence-corrected chi connectivity index (χ4v) is 5.92. The monoisotopic (exact) mass is 426 g/mol. The summed E-state index contributed by atoms with van der Waals surface area (Å²) in [5, 5.41) is 0. The van der Waals surface area contributed by atoms with Crippen molar-refractivity contribution in [2.45, 2.75) is 95.9 Å². The van der Waals surface area contributed by atoms with Crippen molar-refractivity contribution < 1.29 is 19.0 Å². The van der Waals surface area contributed by atoms with Gasteiger partial charge in [0.1, 0.15) is 12.7 Å². The third-order valence-corrected chi connectivity index (χ3v) is 8.02. The largest absolute Gasteiger partial charge is 0.430 e. The Labute approximate surface area is 187 Å². The third kappa shape index (κ3) is 5.06. The van der Waals surface area contributed by atoms with Gasteiger partial charge in [0.2, 0.25) is 6.29 Å². The van der Waals surface area contributed by atoms with Crippen molar-refractivity contribution in [2.24, 2.45) is 5.41 Å². The van der Waals surface area contributed by atoms with Crippen LogP contribution in [-0.4, -0.2) is 25.5 Å². The molecule has 0 radical (unpaired) electrons. The minimum atomic E-state index is -0.625. The van der Waals surface area contributed by atoms with E-state index in [9.17, 15) is 4.79 Å². The normalized spacial score (nSPS) is 33.0. The first kappa shape index (κ1) is 22.5. The van der Waals surface area contributed by atoms with Gasteiger partial charge < -0.3 is 14.2 Å². The van der Waals surface area contributed by atoms with Gasteiger partial charge in [0.15, 0.2) is 0 Å². The summed E-state index contributed by atoms with van der Waals surface area (Å²) in [7, 11) is 0. The van der Waals surface area contributed by atoms with E-state index in [1.165, 1.54) is 75.8 Å². The first-order valence-corrected chi connectivity index (χ1v) is 12.3. The molecule has 1 aliphatic heterocycles. The van der Waals surface area contributed by atoms with Crippen LogP contribution in [0.5, 0.6) is 0 Å². The van der Waals surface area contributed by atoms with Crippen molar-refractivity contribution in [3.8, 4) is 0 Å². The molecule has 1 aromatic carbocycles. The molecule has 3 aliphatic carbocycles. The highest BCUT2D eigenvalue weighted by molar-refractivity contribution is 5.81. The Balaban J connectivity index is 1.31. The van der Waals surface area contributed by atoms with Crippen molar-refractivity contribution in [1.29, 1.82) is 0 Å². The number of unbranched alkanes of at least 4 members (excludes halogenated alkanes) is 2. The molecule has 0 N–H and O–H groups in total. The van der Waals surface area contributed by atoms with E-state index in [2.05, 4.69) is 31.2 Å². The smallest absolute Gasteiger partial charge is 0.332 e. The Hall–Kier alpha value is -1.65. The van der Waals surface area contributed by atoms with Gasteiger partial charge in [-0.2, -0.15) is 0 Å². The summed E-state index contributed by atoms with van der Waals surface area (Å²) in [6.07, 6.45) is 16.2. The number of ether oxygens (including phenoxy) is 3. The Bertz CT molecular complexity index is 733. The Morgan fingerprint density at radius 2 is 1.74 bits per heavy atom. The molecule has 0 spiro atoms. The Morgan fingerprint density at radius 1 is 1.03 bits per heavy atom. The summed E-state index contributed by atoms with van der Waals surface area (Å²) in [6.45, 7) is 4.75. The lowest BCUT2D eigenvalue weighted by molar-refractivity contribution is -0.230. The van der Waals surface area contributed by atoms with E-state index in [0.717, 1.165) is 5.56 Å². The van der Waals surface area contributed by atoms with Gasteiger partial charge in [-0.1, -0.05) is 56.5 Å². The van der Waals surface area contributed by atoms with Crippen LogP contribution in [0.1, 0.15) is 95.3 Å². The highest BCUT2D eigenvalue weighted by atomic mass is 16.7. The van der Waals surface area contributed by atoms with E-state index in [-0.39, 0.29) is 12.7 Å². The molecule has 2 atom stereocenters. The molecule has 2 bridgehead atoms. The van der Waals surface area contributed by atoms with Crippen LogP contribution < -0.4 is 0 Å². The Morgan fingerprint density at radius 3 is 2.32 bits per heavy atom. The summed E-state index contributed by atoms with van der Waals surface area (Å²) in [5.74, 6) is -0.396. The van der Waals surface area contributed by atoms with Gasteiger partial charge in [0, 0.05) is 6.08 Å². The van der Waals surface area contributed by atoms with Crippen LogP contribution >= 0.6 is 0 Å². The summed E-state index contributed by atoms with van der Waals surface area (Å²) >= 11 is 0. The number of benzene rings is 1. The number of hydrogen-bond donors (Lipinski definition) is 0. The predicted molar refractivity (Wildman–Crippen MR) is 122 cm³/mol. The van der Waals surface area contributed by atoms with Crippen molar-refractivity contribution in [1.82, 2.24) is 0 Å². The molecule has 4 aliphatic rings. The number of esters is 1. The lowest BCUT2D eigenvalue weighted by Crippen LogP contribution is -2.44. The lowest BCUT2D eigenvalue weighted by atomic mass is 9.51. The van der Waals surface area contributed by atoms with Crippen molar-refractivity contribution in [2.75, 3.05) is 13.2 Å². The second-order valence-corrected chi connectivity index (χ2v) is 9.88. The van der Waals surface area contributed by atoms with E-state index in [0.29, 0.717) is 17.4 Å². The molecule has 0 amide bonds. The standard InChI is InChI=1S/C27H38O4/c1-3-5-6-12-26-13-16-27(17-14-26,18-15-26)22-10-8-21(9-11-22)23-19-30-25(20-29-23)31-24(28)7-4-2/h4,7-11,23,25H,3,5-6,12-20H2,1-2H3/t23-,25-,26?,27?/m1/s1. The molecule has 0 unspecified atom stereocenters. The van der Waals surface area contributed by atoms with Crippen LogP contribution in [-0.2, 0) is 24.4 Å². The van der Waals surface area contributed by atoms with Crippen LogP contribution in [0.15, 0.2) is 36.4 Å².